The van der Waals surface area contributed by atoms with Crippen LogP contribution in [0, 0.1) is 0 Å². The number of fused-ring (bicyclic) bond motifs is 1. The van der Waals surface area contributed by atoms with Crippen molar-refractivity contribution in [3.8, 4) is 0 Å². The molecule has 0 saturated carbocycles. The van der Waals surface area contributed by atoms with Crippen LogP contribution in [0.2, 0.25) is 0 Å². The Morgan fingerprint density at radius 2 is 2.11 bits per heavy atom. The van der Waals surface area contributed by atoms with Crippen molar-refractivity contribution in [1.29, 1.82) is 0 Å². The highest BCUT2D eigenvalue weighted by molar-refractivity contribution is 5.96. The van der Waals surface area contributed by atoms with E-state index in [2.05, 4.69) is 5.32 Å². The minimum absolute atomic E-state index is 0.0293. The SMILES string of the molecule is CC(CCC(=O)O)NC(=O)c1cc2ccccc2o1. The molecule has 1 aromatic carbocycles. The van der Waals surface area contributed by atoms with Crippen molar-refractivity contribution in [2.45, 2.75) is 25.8 Å². The Hall–Kier alpha value is -2.30. The molecule has 0 aliphatic heterocycles. The van der Waals surface area contributed by atoms with Gasteiger partial charge in [0.1, 0.15) is 5.58 Å². The molecule has 0 aliphatic rings. The summed E-state index contributed by atoms with van der Waals surface area (Å²) in [6.45, 7) is 1.77. The van der Waals surface area contributed by atoms with Crippen LogP contribution in [0.1, 0.15) is 30.3 Å². The van der Waals surface area contributed by atoms with Gasteiger partial charge in [0.05, 0.1) is 0 Å². The average Bonchev–Trinajstić information content (AvgIpc) is 2.80. The van der Waals surface area contributed by atoms with E-state index in [4.69, 9.17) is 9.52 Å². The number of aliphatic carboxylic acids is 1. The van der Waals surface area contributed by atoms with Crippen LogP contribution in [0.3, 0.4) is 0 Å². The number of carboxylic acid groups (broad SMARTS) is 1. The van der Waals surface area contributed by atoms with E-state index in [1.54, 1.807) is 19.1 Å². The molecule has 0 bridgehead atoms. The van der Waals surface area contributed by atoms with E-state index in [0.29, 0.717) is 12.0 Å². The number of furan rings is 1. The first-order valence-corrected chi connectivity index (χ1v) is 6.07. The first-order chi connectivity index (χ1) is 9.06. The first kappa shape index (κ1) is 13.1. The molecule has 5 heteroatoms. The summed E-state index contributed by atoms with van der Waals surface area (Å²) in [5.41, 5.74) is 0.658. The predicted molar refractivity (Wildman–Crippen MR) is 70.0 cm³/mol. The molecule has 1 heterocycles. The molecule has 2 N–H and O–H groups in total. The molecular weight excluding hydrogens is 246 g/mol. The predicted octanol–water partition coefficient (Wildman–Crippen LogP) is 2.42. The van der Waals surface area contributed by atoms with Gasteiger partial charge in [-0.25, -0.2) is 0 Å². The standard InChI is InChI=1S/C14H15NO4/c1-9(6-7-13(16)17)15-14(18)12-8-10-4-2-3-5-11(10)19-12/h2-5,8-9H,6-7H2,1H3,(H,15,18)(H,16,17). The van der Waals surface area contributed by atoms with Crippen LogP contribution in [-0.4, -0.2) is 23.0 Å². The second kappa shape index (κ2) is 5.56. The summed E-state index contributed by atoms with van der Waals surface area (Å²) in [6, 6.07) is 8.83. The third-order valence-corrected chi connectivity index (χ3v) is 2.82. The van der Waals surface area contributed by atoms with Crippen LogP contribution in [-0.2, 0) is 4.79 Å². The molecule has 0 saturated heterocycles. The van der Waals surface area contributed by atoms with Gasteiger partial charge >= 0.3 is 5.97 Å². The molecule has 0 radical (unpaired) electrons. The average molecular weight is 261 g/mol. The van der Waals surface area contributed by atoms with Gasteiger partial charge in [0.25, 0.3) is 5.91 Å². The largest absolute Gasteiger partial charge is 0.481 e. The van der Waals surface area contributed by atoms with E-state index in [0.717, 1.165) is 5.39 Å². The molecule has 1 atom stereocenters. The highest BCUT2D eigenvalue weighted by Gasteiger charge is 2.15. The van der Waals surface area contributed by atoms with Gasteiger partial charge in [-0.3, -0.25) is 9.59 Å². The molecule has 2 aromatic rings. The van der Waals surface area contributed by atoms with Gasteiger partial charge in [-0.05, 0) is 25.5 Å². The van der Waals surface area contributed by atoms with Crippen molar-refractivity contribution in [3.63, 3.8) is 0 Å². The zero-order valence-corrected chi connectivity index (χ0v) is 10.6. The summed E-state index contributed by atoms with van der Waals surface area (Å²) in [5, 5.41) is 12.2. The first-order valence-electron chi connectivity index (χ1n) is 6.07. The van der Waals surface area contributed by atoms with E-state index in [-0.39, 0.29) is 24.1 Å². The normalized spacial score (nSPS) is 12.3. The Bertz CT molecular complexity index is 569. The maximum absolute atomic E-state index is 11.9. The fraction of sp³-hybridized carbons (Fsp3) is 0.286. The summed E-state index contributed by atoms with van der Waals surface area (Å²) in [7, 11) is 0. The van der Waals surface area contributed by atoms with Crippen LogP contribution in [0.5, 0.6) is 0 Å². The number of carboxylic acids is 1. The summed E-state index contributed by atoms with van der Waals surface area (Å²) in [6.07, 6.45) is 0.420. The van der Waals surface area contributed by atoms with E-state index in [9.17, 15) is 9.59 Å². The van der Waals surface area contributed by atoms with Crippen LogP contribution in [0.4, 0.5) is 0 Å². The molecule has 1 unspecified atom stereocenters. The molecule has 5 nitrogen and oxygen atoms in total. The smallest absolute Gasteiger partial charge is 0.303 e. The van der Waals surface area contributed by atoms with Crippen LogP contribution >= 0.6 is 0 Å². The number of nitrogens with one attached hydrogen (secondary N) is 1. The Morgan fingerprint density at radius 3 is 2.79 bits per heavy atom. The summed E-state index contributed by atoms with van der Waals surface area (Å²) >= 11 is 0. The Balaban J connectivity index is 2.01. The van der Waals surface area contributed by atoms with Gasteiger partial charge in [0, 0.05) is 17.8 Å². The third-order valence-electron chi connectivity index (χ3n) is 2.82. The lowest BCUT2D eigenvalue weighted by Crippen LogP contribution is -2.32. The zero-order chi connectivity index (χ0) is 13.8. The molecule has 0 aliphatic carbocycles. The van der Waals surface area contributed by atoms with Crippen LogP contribution in [0.25, 0.3) is 11.0 Å². The van der Waals surface area contributed by atoms with Gasteiger partial charge in [0.15, 0.2) is 5.76 Å². The summed E-state index contributed by atoms with van der Waals surface area (Å²) in [4.78, 5) is 22.4. The van der Waals surface area contributed by atoms with Crippen molar-refractivity contribution < 1.29 is 19.1 Å². The highest BCUT2D eigenvalue weighted by Crippen LogP contribution is 2.18. The molecule has 1 aromatic heterocycles. The van der Waals surface area contributed by atoms with Crippen LogP contribution < -0.4 is 5.32 Å². The topological polar surface area (TPSA) is 79.5 Å². The van der Waals surface area contributed by atoms with Gasteiger partial charge in [-0.1, -0.05) is 18.2 Å². The second-order valence-corrected chi connectivity index (χ2v) is 4.46. The number of hydrogen-bond acceptors (Lipinski definition) is 3. The fourth-order valence-electron chi connectivity index (χ4n) is 1.80. The number of benzene rings is 1. The van der Waals surface area contributed by atoms with Crippen molar-refractivity contribution in [2.24, 2.45) is 0 Å². The lowest BCUT2D eigenvalue weighted by atomic mass is 10.2. The summed E-state index contributed by atoms with van der Waals surface area (Å²) < 4.78 is 5.43. The van der Waals surface area contributed by atoms with E-state index in [1.165, 1.54) is 0 Å². The Morgan fingerprint density at radius 1 is 1.37 bits per heavy atom. The maximum atomic E-state index is 11.9. The highest BCUT2D eigenvalue weighted by atomic mass is 16.4. The van der Waals surface area contributed by atoms with E-state index >= 15 is 0 Å². The molecule has 100 valence electrons. The Kier molecular flexibility index (Phi) is 3.85. The molecule has 2 rings (SSSR count). The minimum atomic E-state index is -0.871. The molecule has 19 heavy (non-hydrogen) atoms. The van der Waals surface area contributed by atoms with Crippen molar-refractivity contribution in [1.82, 2.24) is 5.32 Å². The molecule has 1 amide bonds. The Labute approximate surface area is 110 Å². The number of hydrogen-bond donors (Lipinski definition) is 2. The number of amides is 1. The minimum Gasteiger partial charge on any atom is -0.481 e. The quantitative estimate of drug-likeness (QED) is 0.866. The zero-order valence-electron chi connectivity index (χ0n) is 10.6. The number of rotatable bonds is 5. The number of carbonyl (C=O) groups excluding carboxylic acids is 1. The molecular formula is C14H15NO4. The van der Waals surface area contributed by atoms with Crippen LogP contribution in [0.15, 0.2) is 34.7 Å². The van der Waals surface area contributed by atoms with E-state index < -0.39 is 5.97 Å². The third kappa shape index (κ3) is 3.34. The van der Waals surface area contributed by atoms with Gasteiger partial charge < -0.3 is 14.8 Å². The maximum Gasteiger partial charge on any atom is 0.303 e. The lowest BCUT2D eigenvalue weighted by Gasteiger charge is -2.10. The van der Waals surface area contributed by atoms with E-state index in [1.807, 2.05) is 18.2 Å². The van der Waals surface area contributed by atoms with Gasteiger partial charge in [-0.15, -0.1) is 0 Å². The second-order valence-electron chi connectivity index (χ2n) is 4.46. The monoisotopic (exact) mass is 261 g/mol. The van der Waals surface area contributed by atoms with Crippen molar-refractivity contribution >= 4 is 22.8 Å². The molecule has 0 fully saturated rings. The lowest BCUT2D eigenvalue weighted by molar-refractivity contribution is -0.137. The number of para-hydroxylation sites is 1. The van der Waals surface area contributed by atoms with Crippen molar-refractivity contribution in [3.05, 3.63) is 36.1 Å². The number of carbonyl (C=O) groups is 2. The summed E-state index contributed by atoms with van der Waals surface area (Å²) in [5.74, 6) is -0.956. The van der Waals surface area contributed by atoms with Gasteiger partial charge in [-0.2, -0.15) is 0 Å². The molecule has 0 spiro atoms. The van der Waals surface area contributed by atoms with Crippen molar-refractivity contribution in [2.75, 3.05) is 0 Å². The van der Waals surface area contributed by atoms with Gasteiger partial charge in [0.2, 0.25) is 0 Å². The fourth-order valence-corrected chi connectivity index (χ4v) is 1.80.